The highest BCUT2D eigenvalue weighted by Gasteiger charge is 2.18. The van der Waals surface area contributed by atoms with Crippen LogP contribution in [0.4, 0.5) is 10.1 Å². The molecular formula is C9H8FNO3. The zero-order valence-corrected chi connectivity index (χ0v) is 7.49. The van der Waals surface area contributed by atoms with Gasteiger partial charge >= 0.3 is 0 Å². The summed E-state index contributed by atoms with van der Waals surface area (Å²) in [6, 6.07) is 2.00. The number of nitro groups is 1. The fraction of sp³-hybridized carbons (Fsp3) is 0.222. The Hall–Kier alpha value is -1.78. The Balaban J connectivity index is 3.48. The van der Waals surface area contributed by atoms with Gasteiger partial charge in [0, 0.05) is 11.6 Å². The Labute approximate surface area is 79.5 Å². The van der Waals surface area contributed by atoms with Gasteiger partial charge in [-0.3, -0.25) is 14.9 Å². The number of nitro benzene ring substituents is 1. The first kappa shape index (κ1) is 10.3. The third-order valence-electron chi connectivity index (χ3n) is 1.95. The van der Waals surface area contributed by atoms with Crippen LogP contribution in [0.15, 0.2) is 12.1 Å². The van der Waals surface area contributed by atoms with E-state index in [0.717, 1.165) is 12.1 Å². The largest absolute Gasteiger partial charge is 0.298 e. The van der Waals surface area contributed by atoms with Crippen LogP contribution in [0, 0.1) is 15.9 Å². The molecule has 0 aliphatic rings. The van der Waals surface area contributed by atoms with Gasteiger partial charge in [0.2, 0.25) is 0 Å². The number of carbonyl (C=O) groups is 1. The third-order valence-corrected chi connectivity index (χ3v) is 1.95. The zero-order valence-electron chi connectivity index (χ0n) is 7.49. The molecule has 0 fully saturated rings. The number of nitrogens with zero attached hydrogens (tertiary/aromatic N) is 1. The molecule has 0 amide bonds. The number of aldehydes is 1. The van der Waals surface area contributed by atoms with Gasteiger partial charge in [0.05, 0.1) is 10.5 Å². The van der Waals surface area contributed by atoms with Gasteiger partial charge in [0.15, 0.2) is 6.29 Å². The maximum Gasteiger partial charge on any atom is 0.273 e. The second kappa shape index (κ2) is 3.95. The molecule has 0 N–H and O–H groups in total. The molecule has 0 bridgehead atoms. The average Bonchev–Trinajstić information content (AvgIpc) is 2.16. The maximum absolute atomic E-state index is 13.0. The Morgan fingerprint density at radius 2 is 2.21 bits per heavy atom. The van der Waals surface area contributed by atoms with Crippen molar-refractivity contribution in [3.8, 4) is 0 Å². The third kappa shape index (κ3) is 1.61. The molecule has 4 nitrogen and oxygen atoms in total. The summed E-state index contributed by atoms with van der Waals surface area (Å²) in [5, 5.41) is 10.5. The van der Waals surface area contributed by atoms with Gasteiger partial charge in [-0.2, -0.15) is 0 Å². The molecule has 0 radical (unpaired) electrons. The first-order valence-electron chi connectivity index (χ1n) is 4.02. The lowest BCUT2D eigenvalue weighted by Crippen LogP contribution is -2.01. The van der Waals surface area contributed by atoms with Crippen molar-refractivity contribution in [1.29, 1.82) is 0 Å². The quantitative estimate of drug-likeness (QED) is 0.423. The fourth-order valence-electron chi connectivity index (χ4n) is 1.29. The van der Waals surface area contributed by atoms with Crippen molar-refractivity contribution in [2.75, 3.05) is 0 Å². The molecule has 0 aliphatic carbocycles. The topological polar surface area (TPSA) is 60.2 Å². The summed E-state index contributed by atoms with van der Waals surface area (Å²) in [6.07, 6.45) is 0.559. The van der Waals surface area contributed by atoms with Gasteiger partial charge in [-0.15, -0.1) is 0 Å². The second-order valence-electron chi connectivity index (χ2n) is 2.69. The second-order valence-corrected chi connectivity index (χ2v) is 2.69. The van der Waals surface area contributed by atoms with E-state index >= 15 is 0 Å². The molecule has 5 heteroatoms. The summed E-state index contributed by atoms with van der Waals surface area (Å²) in [4.78, 5) is 20.4. The minimum Gasteiger partial charge on any atom is -0.298 e. The van der Waals surface area contributed by atoms with Crippen molar-refractivity contribution in [2.45, 2.75) is 13.3 Å². The molecule has 0 heterocycles. The van der Waals surface area contributed by atoms with Gasteiger partial charge in [0.1, 0.15) is 5.82 Å². The number of carbonyl (C=O) groups excluding carboxylic acids is 1. The van der Waals surface area contributed by atoms with Crippen molar-refractivity contribution in [1.82, 2.24) is 0 Å². The Kier molecular flexibility index (Phi) is 2.91. The SMILES string of the molecule is CCc1c([N+](=O)[O-])ccc(F)c1C=O. The van der Waals surface area contributed by atoms with Crippen LogP contribution in [-0.4, -0.2) is 11.2 Å². The summed E-state index contributed by atoms with van der Waals surface area (Å²) in [5.74, 6) is -0.720. The number of hydrogen-bond acceptors (Lipinski definition) is 3. The van der Waals surface area contributed by atoms with E-state index in [-0.39, 0.29) is 23.2 Å². The highest BCUT2D eigenvalue weighted by Crippen LogP contribution is 2.23. The minimum absolute atomic E-state index is 0.144. The summed E-state index contributed by atoms with van der Waals surface area (Å²) >= 11 is 0. The van der Waals surface area contributed by atoms with E-state index in [1.807, 2.05) is 0 Å². The lowest BCUT2D eigenvalue weighted by Gasteiger charge is -2.03. The van der Waals surface area contributed by atoms with E-state index in [4.69, 9.17) is 0 Å². The molecular weight excluding hydrogens is 189 g/mol. The summed E-state index contributed by atoms with van der Waals surface area (Å²) in [7, 11) is 0. The Morgan fingerprint density at radius 1 is 1.57 bits per heavy atom. The van der Waals surface area contributed by atoms with Gasteiger partial charge in [-0.1, -0.05) is 6.92 Å². The summed E-state index contributed by atoms with van der Waals surface area (Å²) in [6.45, 7) is 1.63. The van der Waals surface area contributed by atoms with Crippen molar-refractivity contribution >= 4 is 12.0 Å². The molecule has 74 valence electrons. The predicted molar refractivity (Wildman–Crippen MR) is 47.8 cm³/mol. The van der Waals surface area contributed by atoms with Crippen molar-refractivity contribution in [3.05, 3.63) is 39.2 Å². The van der Waals surface area contributed by atoms with E-state index in [1.165, 1.54) is 0 Å². The molecule has 0 aliphatic heterocycles. The van der Waals surface area contributed by atoms with Gasteiger partial charge in [-0.25, -0.2) is 4.39 Å². The summed E-state index contributed by atoms with van der Waals surface area (Å²) < 4.78 is 13.0. The number of halogens is 1. The van der Waals surface area contributed by atoms with Crippen molar-refractivity contribution in [2.24, 2.45) is 0 Å². The molecule has 1 aromatic rings. The van der Waals surface area contributed by atoms with E-state index in [1.54, 1.807) is 6.92 Å². The molecule has 0 unspecified atom stereocenters. The average molecular weight is 197 g/mol. The van der Waals surface area contributed by atoms with E-state index in [0.29, 0.717) is 6.29 Å². The van der Waals surface area contributed by atoms with Crippen LogP contribution in [0.25, 0.3) is 0 Å². The Bertz CT molecular complexity index is 390. The van der Waals surface area contributed by atoms with E-state index in [9.17, 15) is 19.3 Å². The standard InChI is InChI=1S/C9H8FNO3/c1-2-6-7(5-12)8(10)3-4-9(6)11(13)14/h3-5H,2H2,1H3. The van der Waals surface area contributed by atoms with Crippen LogP contribution >= 0.6 is 0 Å². The van der Waals surface area contributed by atoms with Crippen LogP contribution in [0.1, 0.15) is 22.8 Å². The molecule has 0 saturated carbocycles. The van der Waals surface area contributed by atoms with E-state index < -0.39 is 10.7 Å². The molecule has 1 aromatic carbocycles. The smallest absolute Gasteiger partial charge is 0.273 e. The van der Waals surface area contributed by atoms with Crippen LogP contribution in [0.5, 0.6) is 0 Å². The molecule has 0 aromatic heterocycles. The van der Waals surface area contributed by atoms with Gasteiger partial charge < -0.3 is 0 Å². The highest BCUT2D eigenvalue weighted by molar-refractivity contribution is 5.80. The van der Waals surface area contributed by atoms with Crippen LogP contribution in [0.3, 0.4) is 0 Å². The Morgan fingerprint density at radius 3 is 2.64 bits per heavy atom. The molecule has 0 atom stereocenters. The molecule has 14 heavy (non-hydrogen) atoms. The lowest BCUT2D eigenvalue weighted by molar-refractivity contribution is -0.385. The molecule has 0 saturated heterocycles. The number of benzene rings is 1. The number of hydrogen-bond donors (Lipinski definition) is 0. The van der Waals surface area contributed by atoms with Crippen LogP contribution < -0.4 is 0 Å². The van der Waals surface area contributed by atoms with Crippen molar-refractivity contribution < 1.29 is 14.1 Å². The monoisotopic (exact) mass is 197 g/mol. The lowest BCUT2D eigenvalue weighted by atomic mass is 10.0. The van der Waals surface area contributed by atoms with Crippen LogP contribution in [-0.2, 0) is 6.42 Å². The highest BCUT2D eigenvalue weighted by atomic mass is 19.1. The van der Waals surface area contributed by atoms with Gasteiger partial charge in [0.25, 0.3) is 5.69 Å². The number of rotatable bonds is 3. The van der Waals surface area contributed by atoms with E-state index in [2.05, 4.69) is 0 Å². The fourth-order valence-corrected chi connectivity index (χ4v) is 1.29. The maximum atomic E-state index is 13.0. The summed E-state index contributed by atoms with van der Waals surface area (Å²) in [5.41, 5.74) is -0.289. The minimum atomic E-state index is -0.720. The van der Waals surface area contributed by atoms with Crippen molar-refractivity contribution in [3.63, 3.8) is 0 Å². The first-order valence-corrected chi connectivity index (χ1v) is 4.02. The zero-order chi connectivity index (χ0) is 10.7. The molecule has 0 spiro atoms. The predicted octanol–water partition coefficient (Wildman–Crippen LogP) is 2.11. The molecule has 1 rings (SSSR count). The van der Waals surface area contributed by atoms with Crippen LogP contribution in [0.2, 0.25) is 0 Å². The first-order chi connectivity index (χ1) is 6.61. The van der Waals surface area contributed by atoms with Gasteiger partial charge in [-0.05, 0) is 12.5 Å². The normalized spacial score (nSPS) is 9.86.